The number of methoxy groups -OCH3 is 1. The number of aromatic nitrogens is 2. The second kappa shape index (κ2) is 6.54. The number of carbonyl (C=O) groups excluding carboxylic acids is 1. The summed E-state index contributed by atoms with van der Waals surface area (Å²) in [7, 11) is 1.32. The van der Waals surface area contributed by atoms with Gasteiger partial charge >= 0.3 is 5.97 Å². The van der Waals surface area contributed by atoms with E-state index in [1.807, 2.05) is 6.92 Å². The molecule has 0 bridgehead atoms. The van der Waals surface area contributed by atoms with Crippen LogP contribution in [0.4, 0.5) is 5.82 Å². The number of nitrogens with one attached hydrogen (secondary N) is 1. The third-order valence-electron chi connectivity index (χ3n) is 2.12. The third kappa shape index (κ3) is 3.39. The van der Waals surface area contributed by atoms with Crippen molar-refractivity contribution in [2.24, 2.45) is 0 Å². The van der Waals surface area contributed by atoms with E-state index < -0.39 is 5.97 Å². The summed E-state index contributed by atoms with van der Waals surface area (Å²) in [5, 5.41) is 3.09. The van der Waals surface area contributed by atoms with Crippen molar-refractivity contribution in [1.82, 2.24) is 9.97 Å². The number of hydrogen-bond acceptors (Lipinski definition) is 5. The predicted molar refractivity (Wildman–Crippen MR) is 69.2 cm³/mol. The Balaban J connectivity index is 3.20. The van der Waals surface area contributed by atoms with Crippen LogP contribution in [-0.2, 0) is 11.2 Å². The molecule has 1 aromatic rings. The van der Waals surface area contributed by atoms with Gasteiger partial charge in [0, 0.05) is 6.54 Å². The number of ether oxygens (including phenoxy) is 1. The molecule has 0 amide bonds. The van der Waals surface area contributed by atoms with Crippen LogP contribution in [0.3, 0.4) is 0 Å². The van der Waals surface area contributed by atoms with Crippen LogP contribution in [0.5, 0.6) is 0 Å². The lowest BCUT2D eigenvalue weighted by Crippen LogP contribution is -2.13. The SMILES string of the molecule is CCCc1nc(C(=O)OC)nc(NCC)c1Br. The van der Waals surface area contributed by atoms with Crippen molar-refractivity contribution in [3.63, 3.8) is 0 Å². The van der Waals surface area contributed by atoms with Gasteiger partial charge < -0.3 is 10.1 Å². The van der Waals surface area contributed by atoms with Gasteiger partial charge in [0.15, 0.2) is 0 Å². The first-order valence-electron chi connectivity index (χ1n) is 5.52. The maximum Gasteiger partial charge on any atom is 0.376 e. The molecule has 0 aliphatic carbocycles. The lowest BCUT2D eigenvalue weighted by molar-refractivity contribution is 0.0586. The highest BCUT2D eigenvalue weighted by atomic mass is 79.9. The molecule has 0 saturated heterocycles. The Morgan fingerprint density at radius 1 is 1.41 bits per heavy atom. The molecular weight excluding hydrogens is 286 g/mol. The molecule has 0 spiro atoms. The molecule has 1 rings (SSSR count). The van der Waals surface area contributed by atoms with E-state index in [0.717, 1.165) is 29.6 Å². The van der Waals surface area contributed by atoms with Crippen LogP contribution in [0.15, 0.2) is 4.47 Å². The molecule has 0 saturated carbocycles. The van der Waals surface area contributed by atoms with Crippen LogP contribution < -0.4 is 5.32 Å². The van der Waals surface area contributed by atoms with Crippen molar-refractivity contribution >= 4 is 27.7 Å². The smallest absolute Gasteiger partial charge is 0.376 e. The molecule has 6 heteroatoms. The average Bonchev–Trinajstić information content (AvgIpc) is 2.33. The molecule has 1 aromatic heterocycles. The van der Waals surface area contributed by atoms with E-state index in [2.05, 4.69) is 42.9 Å². The molecule has 0 aliphatic rings. The molecule has 0 aromatic carbocycles. The zero-order valence-corrected chi connectivity index (χ0v) is 11.8. The van der Waals surface area contributed by atoms with E-state index in [0.29, 0.717) is 5.82 Å². The van der Waals surface area contributed by atoms with Gasteiger partial charge in [-0.25, -0.2) is 14.8 Å². The lowest BCUT2D eigenvalue weighted by atomic mass is 10.2. The van der Waals surface area contributed by atoms with Crippen molar-refractivity contribution < 1.29 is 9.53 Å². The third-order valence-corrected chi connectivity index (χ3v) is 2.95. The Morgan fingerprint density at radius 3 is 2.65 bits per heavy atom. The highest BCUT2D eigenvalue weighted by Gasteiger charge is 2.16. The Hall–Kier alpha value is -1.17. The first kappa shape index (κ1) is 13.9. The minimum atomic E-state index is -0.519. The largest absolute Gasteiger partial charge is 0.463 e. The molecule has 1 N–H and O–H groups in total. The number of esters is 1. The summed E-state index contributed by atoms with van der Waals surface area (Å²) in [6, 6.07) is 0. The molecule has 1 heterocycles. The van der Waals surface area contributed by atoms with E-state index in [4.69, 9.17) is 0 Å². The summed E-state index contributed by atoms with van der Waals surface area (Å²) in [6.07, 6.45) is 1.73. The molecule has 0 atom stereocenters. The first-order valence-corrected chi connectivity index (χ1v) is 6.31. The molecule has 0 unspecified atom stereocenters. The monoisotopic (exact) mass is 301 g/mol. The van der Waals surface area contributed by atoms with E-state index in [1.165, 1.54) is 7.11 Å². The van der Waals surface area contributed by atoms with Crippen molar-refractivity contribution in [2.45, 2.75) is 26.7 Å². The van der Waals surface area contributed by atoms with Crippen LogP contribution >= 0.6 is 15.9 Å². The molecule has 17 heavy (non-hydrogen) atoms. The maximum atomic E-state index is 11.4. The van der Waals surface area contributed by atoms with Crippen LogP contribution in [0.1, 0.15) is 36.6 Å². The van der Waals surface area contributed by atoms with Crippen molar-refractivity contribution in [2.75, 3.05) is 19.0 Å². The minimum absolute atomic E-state index is 0.0927. The fourth-order valence-electron chi connectivity index (χ4n) is 1.36. The number of anilines is 1. The summed E-state index contributed by atoms with van der Waals surface area (Å²) in [5.74, 6) is 0.204. The summed E-state index contributed by atoms with van der Waals surface area (Å²) >= 11 is 3.45. The molecule has 5 nitrogen and oxygen atoms in total. The van der Waals surface area contributed by atoms with Gasteiger partial charge in [0.2, 0.25) is 5.82 Å². The van der Waals surface area contributed by atoms with Crippen LogP contribution in [0.2, 0.25) is 0 Å². The van der Waals surface area contributed by atoms with Gasteiger partial charge in [-0.15, -0.1) is 0 Å². The van der Waals surface area contributed by atoms with Gasteiger partial charge in [0.25, 0.3) is 0 Å². The molecule has 94 valence electrons. The summed E-state index contributed by atoms with van der Waals surface area (Å²) in [4.78, 5) is 19.8. The molecular formula is C11H16BrN3O2. The zero-order chi connectivity index (χ0) is 12.8. The highest BCUT2D eigenvalue weighted by Crippen LogP contribution is 2.24. The fourth-order valence-corrected chi connectivity index (χ4v) is 1.88. The van der Waals surface area contributed by atoms with Gasteiger partial charge in [-0.3, -0.25) is 0 Å². The predicted octanol–water partition coefficient (Wildman–Crippen LogP) is 2.41. The number of hydrogen-bond donors (Lipinski definition) is 1. The number of halogens is 1. The second-order valence-corrected chi connectivity index (χ2v) is 4.22. The van der Waals surface area contributed by atoms with Gasteiger partial charge in [-0.1, -0.05) is 13.3 Å². The normalized spacial score (nSPS) is 10.1. The first-order chi connectivity index (χ1) is 8.13. The van der Waals surface area contributed by atoms with Gasteiger partial charge in [-0.05, 0) is 29.3 Å². The number of nitrogens with zero attached hydrogens (tertiary/aromatic N) is 2. The van der Waals surface area contributed by atoms with Crippen LogP contribution in [0, 0.1) is 0 Å². The highest BCUT2D eigenvalue weighted by molar-refractivity contribution is 9.10. The van der Waals surface area contributed by atoms with E-state index >= 15 is 0 Å². The number of aryl methyl sites for hydroxylation is 1. The minimum Gasteiger partial charge on any atom is -0.463 e. The number of rotatable bonds is 5. The maximum absolute atomic E-state index is 11.4. The van der Waals surface area contributed by atoms with Crippen molar-refractivity contribution in [3.8, 4) is 0 Å². The topological polar surface area (TPSA) is 64.1 Å². The van der Waals surface area contributed by atoms with E-state index in [-0.39, 0.29) is 5.82 Å². The van der Waals surface area contributed by atoms with Crippen molar-refractivity contribution in [3.05, 3.63) is 16.0 Å². The lowest BCUT2D eigenvalue weighted by Gasteiger charge is -2.10. The Kier molecular flexibility index (Phi) is 5.34. The second-order valence-electron chi connectivity index (χ2n) is 3.43. The average molecular weight is 302 g/mol. The Bertz CT molecular complexity index is 383. The summed E-state index contributed by atoms with van der Waals surface area (Å²) < 4.78 is 5.45. The molecule has 0 radical (unpaired) electrons. The standard InChI is InChI=1S/C11H16BrN3O2/c1-4-6-7-8(12)9(13-5-2)15-10(14-7)11(16)17-3/h4-6H2,1-3H3,(H,13,14,15). The summed E-state index contributed by atoms with van der Waals surface area (Å²) in [6.45, 7) is 4.74. The Labute approximate surface area is 109 Å². The van der Waals surface area contributed by atoms with Crippen molar-refractivity contribution in [1.29, 1.82) is 0 Å². The molecule has 0 aliphatic heterocycles. The molecule has 0 fully saturated rings. The van der Waals surface area contributed by atoms with E-state index in [9.17, 15) is 4.79 Å². The van der Waals surface area contributed by atoms with Gasteiger partial charge in [-0.2, -0.15) is 0 Å². The van der Waals surface area contributed by atoms with Gasteiger partial charge in [0.05, 0.1) is 17.3 Å². The number of carbonyl (C=O) groups is 1. The Morgan fingerprint density at radius 2 is 2.12 bits per heavy atom. The quantitative estimate of drug-likeness (QED) is 0.846. The zero-order valence-electron chi connectivity index (χ0n) is 10.2. The fraction of sp³-hybridized carbons (Fsp3) is 0.545. The van der Waals surface area contributed by atoms with E-state index in [1.54, 1.807) is 0 Å². The van der Waals surface area contributed by atoms with Gasteiger partial charge in [0.1, 0.15) is 5.82 Å². The summed E-state index contributed by atoms with van der Waals surface area (Å²) in [5.41, 5.74) is 0.818. The van der Waals surface area contributed by atoms with Crippen LogP contribution in [0.25, 0.3) is 0 Å². The van der Waals surface area contributed by atoms with Crippen LogP contribution in [-0.4, -0.2) is 29.6 Å².